The Morgan fingerprint density at radius 1 is 1.25 bits per heavy atom. The van der Waals surface area contributed by atoms with Crippen molar-refractivity contribution in [2.45, 2.75) is 25.9 Å². The second kappa shape index (κ2) is 6.91. The van der Waals surface area contributed by atoms with Crippen LogP contribution in [0.1, 0.15) is 24.9 Å². The lowest BCUT2D eigenvalue weighted by Crippen LogP contribution is -2.18. The molecule has 4 nitrogen and oxygen atoms in total. The quantitative estimate of drug-likeness (QED) is 0.848. The van der Waals surface area contributed by atoms with E-state index in [9.17, 15) is 4.79 Å². The van der Waals surface area contributed by atoms with Crippen molar-refractivity contribution in [3.63, 3.8) is 0 Å². The molecule has 20 heavy (non-hydrogen) atoms. The van der Waals surface area contributed by atoms with Crippen LogP contribution in [0.5, 0.6) is 0 Å². The first-order chi connectivity index (χ1) is 9.72. The van der Waals surface area contributed by atoms with Crippen molar-refractivity contribution < 1.29 is 4.79 Å². The van der Waals surface area contributed by atoms with E-state index < -0.39 is 0 Å². The normalized spacial score (nSPS) is 12.1. The second-order valence-electron chi connectivity index (χ2n) is 4.78. The van der Waals surface area contributed by atoms with Crippen LogP contribution in [0.3, 0.4) is 0 Å². The molecular formula is C16H21N3O. The van der Waals surface area contributed by atoms with Gasteiger partial charge in [-0.05, 0) is 37.2 Å². The minimum Gasteiger partial charge on any atom is -0.345 e. The van der Waals surface area contributed by atoms with Crippen molar-refractivity contribution in [2.75, 3.05) is 12.4 Å². The van der Waals surface area contributed by atoms with E-state index in [4.69, 9.17) is 0 Å². The number of para-hydroxylation sites is 1. The lowest BCUT2D eigenvalue weighted by atomic mass is 10.1. The maximum Gasteiger partial charge on any atom is 0.244 e. The highest BCUT2D eigenvalue weighted by atomic mass is 16.1. The standard InChI is InChI=1S/C16H21N3O/c1-3-15(17-2)13-9-10-19(11-13)12-16(20)18-14-7-5-4-6-8-14/h4-11,15,17H,3,12H2,1-2H3,(H,18,20). The summed E-state index contributed by atoms with van der Waals surface area (Å²) in [5.41, 5.74) is 2.04. The molecule has 2 N–H and O–H groups in total. The van der Waals surface area contributed by atoms with E-state index in [0.717, 1.165) is 12.1 Å². The van der Waals surface area contributed by atoms with Gasteiger partial charge in [-0.3, -0.25) is 4.79 Å². The summed E-state index contributed by atoms with van der Waals surface area (Å²) in [6, 6.07) is 11.9. The van der Waals surface area contributed by atoms with Gasteiger partial charge in [-0.1, -0.05) is 25.1 Å². The van der Waals surface area contributed by atoms with Crippen molar-refractivity contribution in [1.29, 1.82) is 0 Å². The molecule has 0 bridgehead atoms. The topological polar surface area (TPSA) is 46.1 Å². The monoisotopic (exact) mass is 271 g/mol. The number of benzene rings is 1. The van der Waals surface area contributed by atoms with Crippen molar-refractivity contribution in [2.24, 2.45) is 0 Å². The largest absolute Gasteiger partial charge is 0.345 e. The molecule has 1 amide bonds. The Morgan fingerprint density at radius 3 is 2.65 bits per heavy atom. The first kappa shape index (κ1) is 14.3. The van der Waals surface area contributed by atoms with Crippen LogP contribution in [0, 0.1) is 0 Å². The van der Waals surface area contributed by atoms with E-state index >= 15 is 0 Å². The molecule has 2 rings (SSSR count). The summed E-state index contributed by atoms with van der Waals surface area (Å²) in [4.78, 5) is 12.0. The Bertz CT molecular complexity index is 544. The predicted molar refractivity (Wildman–Crippen MR) is 81.6 cm³/mol. The first-order valence-electron chi connectivity index (χ1n) is 6.90. The van der Waals surface area contributed by atoms with Gasteiger partial charge in [-0.25, -0.2) is 0 Å². The summed E-state index contributed by atoms with van der Waals surface area (Å²) in [5.74, 6) is -0.0177. The number of aromatic nitrogens is 1. The number of amides is 1. The molecule has 1 heterocycles. The molecule has 0 radical (unpaired) electrons. The van der Waals surface area contributed by atoms with E-state index in [0.29, 0.717) is 12.6 Å². The third-order valence-corrected chi connectivity index (χ3v) is 3.32. The second-order valence-corrected chi connectivity index (χ2v) is 4.78. The third kappa shape index (κ3) is 3.71. The van der Waals surface area contributed by atoms with Crippen LogP contribution in [0.2, 0.25) is 0 Å². The van der Waals surface area contributed by atoms with E-state index in [-0.39, 0.29) is 5.91 Å². The molecule has 1 atom stereocenters. The molecule has 1 unspecified atom stereocenters. The summed E-state index contributed by atoms with van der Waals surface area (Å²) >= 11 is 0. The predicted octanol–water partition coefficient (Wildman–Crippen LogP) is 2.80. The van der Waals surface area contributed by atoms with Crippen LogP contribution < -0.4 is 10.6 Å². The zero-order valence-corrected chi connectivity index (χ0v) is 12.0. The minimum absolute atomic E-state index is 0.0177. The van der Waals surface area contributed by atoms with Crippen molar-refractivity contribution in [1.82, 2.24) is 9.88 Å². The van der Waals surface area contributed by atoms with Gasteiger partial charge in [0.15, 0.2) is 0 Å². The van der Waals surface area contributed by atoms with Gasteiger partial charge in [0.2, 0.25) is 5.91 Å². The zero-order valence-electron chi connectivity index (χ0n) is 12.0. The molecule has 0 saturated heterocycles. The molecule has 1 aromatic heterocycles. The van der Waals surface area contributed by atoms with Crippen LogP contribution >= 0.6 is 0 Å². The maximum absolute atomic E-state index is 12.0. The number of rotatable bonds is 6. The highest BCUT2D eigenvalue weighted by Crippen LogP contribution is 2.16. The minimum atomic E-state index is -0.0177. The summed E-state index contributed by atoms with van der Waals surface area (Å²) < 4.78 is 1.91. The van der Waals surface area contributed by atoms with Crippen LogP contribution in [-0.2, 0) is 11.3 Å². The van der Waals surface area contributed by atoms with Crippen LogP contribution in [0.15, 0.2) is 48.8 Å². The molecule has 2 aromatic rings. The van der Waals surface area contributed by atoms with Gasteiger partial charge in [-0.2, -0.15) is 0 Å². The van der Waals surface area contributed by atoms with Gasteiger partial charge >= 0.3 is 0 Å². The van der Waals surface area contributed by atoms with Gasteiger partial charge in [0.05, 0.1) is 0 Å². The van der Waals surface area contributed by atoms with Gasteiger partial charge in [-0.15, -0.1) is 0 Å². The molecule has 0 aliphatic rings. The lowest BCUT2D eigenvalue weighted by molar-refractivity contribution is -0.116. The van der Waals surface area contributed by atoms with Crippen molar-refractivity contribution in [3.05, 3.63) is 54.4 Å². The molecular weight excluding hydrogens is 250 g/mol. The molecule has 0 aliphatic carbocycles. The average molecular weight is 271 g/mol. The van der Waals surface area contributed by atoms with Gasteiger partial charge in [0.1, 0.15) is 6.54 Å². The maximum atomic E-state index is 12.0. The fourth-order valence-electron chi connectivity index (χ4n) is 2.26. The van der Waals surface area contributed by atoms with Crippen LogP contribution in [-0.4, -0.2) is 17.5 Å². The van der Waals surface area contributed by atoms with Gasteiger partial charge in [0, 0.05) is 24.1 Å². The average Bonchev–Trinajstić information content (AvgIpc) is 2.89. The molecule has 0 spiro atoms. The smallest absolute Gasteiger partial charge is 0.244 e. The summed E-state index contributed by atoms with van der Waals surface area (Å²) in [6.45, 7) is 2.47. The summed E-state index contributed by atoms with van der Waals surface area (Å²) in [7, 11) is 1.95. The number of anilines is 1. The summed E-state index contributed by atoms with van der Waals surface area (Å²) in [5, 5.41) is 6.14. The number of hydrogen-bond donors (Lipinski definition) is 2. The van der Waals surface area contributed by atoms with E-state index in [1.54, 1.807) is 0 Å². The molecule has 0 fully saturated rings. The Kier molecular flexibility index (Phi) is 4.96. The molecule has 106 valence electrons. The van der Waals surface area contributed by atoms with Gasteiger partial charge < -0.3 is 15.2 Å². The number of carbonyl (C=O) groups excluding carboxylic acids is 1. The lowest BCUT2D eigenvalue weighted by Gasteiger charge is -2.11. The van der Waals surface area contributed by atoms with E-state index in [1.165, 1.54) is 5.56 Å². The van der Waals surface area contributed by atoms with Gasteiger partial charge in [0.25, 0.3) is 0 Å². The fraction of sp³-hybridized carbons (Fsp3) is 0.312. The number of nitrogens with zero attached hydrogens (tertiary/aromatic N) is 1. The van der Waals surface area contributed by atoms with E-state index in [1.807, 2.05) is 54.3 Å². The molecule has 0 aliphatic heterocycles. The van der Waals surface area contributed by atoms with Crippen molar-refractivity contribution in [3.8, 4) is 0 Å². The number of hydrogen-bond acceptors (Lipinski definition) is 2. The zero-order chi connectivity index (χ0) is 14.4. The molecule has 4 heteroatoms. The van der Waals surface area contributed by atoms with Crippen molar-refractivity contribution >= 4 is 11.6 Å². The van der Waals surface area contributed by atoms with Crippen LogP contribution in [0.4, 0.5) is 5.69 Å². The highest BCUT2D eigenvalue weighted by molar-refractivity contribution is 5.90. The molecule has 1 aromatic carbocycles. The number of carbonyl (C=O) groups is 1. The summed E-state index contributed by atoms with van der Waals surface area (Å²) in [6.07, 6.45) is 4.99. The fourth-order valence-corrected chi connectivity index (χ4v) is 2.26. The number of nitrogens with one attached hydrogen (secondary N) is 2. The van der Waals surface area contributed by atoms with E-state index in [2.05, 4.69) is 23.6 Å². The first-order valence-corrected chi connectivity index (χ1v) is 6.90. The Labute approximate surface area is 119 Å². The van der Waals surface area contributed by atoms with Crippen LogP contribution in [0.25, 0.3) is 0 Å². The highest BCUT2D eigenvalue weighted by Gasteiger charge is 2.09. The molecule has 0 saturated carbocycles. The SMILES string of the molecule is CCC(NC)c1ccn(CC(=O)Nc2ccccc2)c1. The Balaban J connectivity index is 1.95. The third-order valence-electron chi connectivity index (χ3n) is 3.32. The Morgan fingerprint density at radius 2 is 2.00 bits per heavy atom. The Hall–Kier alpha value is -2.07.